The molecule has 1 fully saturated rings. The van der Waals surface area contributed by atoms with Crippen LogP contribution in [0.1, 0.15) is 32.0 Å². The second-order valence-electron chi connectivity index (χ2n) is 8.58. The number of carbonyl (C=O) groups excluding carboxylic acids is 1. The molecule has 1 aliphatic rings. The van der Waals surface area contributed by atoms with Gasteiger partial charge in [0.1, 0.15) is 5.65 Å². The lowest BCUT2D eigenvalue weighted by Gasteiger charge is -2.32. The Kier molecular flexibility index (Phi) is 4.94. The highest BCUT2D eigenvalue weighted by molar-refractivity contribution is 5.67. The Bertz CT molecular complexity index is 960. The van der Waals surface area contributed by atoms with E-state index in [0.29, 0.717) is 0 Å². The van der Waals surface area contributed by atoms with Gasteiger partial charge in [-0.1, -0.05) is 51.1 Å². The van der Waals surface area contributed by atoms with Crippen LogP contribution in [0.3, 0.4) is 0 Å². The van der Waals surface area contributed by atoms with Crippen molar-refractivity contribution >= 4 is 12.1 Å². The van der Waals surface area contributed by atoms with Gasteiger partial charge in [0.15, 0.2) is 0 Å². The lowest BCUT2D eigenvalue weighted by molar-refractivity contribution is -0.119. The quantitative estimate of drug-likeness (QED) is 0.654. The second-order valence-corrected chi connectivity index (χ2v) is 8.58. The molecule has 0 unspecified atom stereocenters. The average Bonchev–Trinajstić information content (AvgIpc) is 3.06. The highest BCUT2D eigenvalue weighted by Gasteiger charge is 2.21. The SMILES string of the molecule is CC(C)(C)c1ccc(-c2nc3ccccn3c2CN2CCN(C=O)CC2)cc1. The molecule has 1 aliphatic heterocycles. The molecule has 3 heterocycles. The minimum absolute atomic E-state index is 0.137. The van der Waals surface area contributed by atoms with Crippen molar-refractivity contribution in [3.8, 4) is 11.3 Å². The third-order valence-electron chi connectivity index (χ3n) is 5.58. The Balaban J connectivity index is 1.68. The molecule has 4 rings (SSSR count). The Hall–Kier alpha value is -2.66. The molecule has 146 valence electrons. The number of fused-ring (bicyclic) bond motifs is 1. The topological polar surface area (TPSA) is 40.9 Å². The van der Waals surface area contributed by atoms with Gasteiger partial charge >= 0.3 is 0 Å². The second kappa shape index (κ2) is 7.40. The highest BCUT2D eigenvalue weighted by atomic mass is 16.1. The number of pyridine rings is 1. The Morgan fingerprint density at radius 1 is 1.00 bits per heavy atom. The summed E-state index contributed by atoms with van der Waals surface area (Å²) in [5.41, 5.74) is 5.84. The summed E-state index contributed by atoms with van der Waals surface area (Å²) in [6.45, 7) is 10.9. The standard InChI is InChI=1S/C23H28N4O/c1-23(2,3)19-9-7-18(8-10-19)22-20(27-11-5-4-6-21(27)24-22)16-25-12-14-26(17-28)15-13-25/h4-11,17H,12-16H2,1-3H3. The first-order chi connectivity index (χ1) is 13.5. The van der Waals surface area contributed by atoms with E-state index >= 15 is 0 Å². The normalized spacial score (nSPS) is 15.9. The van der Waals surface area contributed by atoms with Gasteiger partial charge in [0.25, 0.3) is 0 Å². The van der Waals surface area contributed by atoms with Gasteiger partial charge in [-0.25, -0.2) is 4.98 Å². The van der Waals surface area contributed by atoms with E-state index in [0.717, 1.165) is 56.0 Å². The van der Waals surface area contributed by atoms with Crippen LogP contribution in [0.5, 0.6) is 0 Å². The summed E-state index contributed by atoms with van der Waals surface area (Å²) in [6.07, 6.45) is 3.04. The van der Waals surface area contributed by atoms with Crippen LogP contribution in [0.15, 0.2) is 48.7 Å². The average molecular weight is 377 g/mol. The van der Waals surface area contributed by atoms with Crippen LogP contribution in [-0.2, 0) is 16.8 Å². The predicted molar refractivity (Wildman–Crippen MR) is 112 cm³/mol. The van der Waals surface area contributed by atoms with Gasteiger partial charge in [-0.05, 0) is 23.1 Å². The first-order valence-corrected chi connectivity index (χ1v) is 9.94. The number of nitrogens with zero attached hydrogens (tertiary/aromatic N) is 4. The molecule has 0 spiro atoms. The van der Waals surface area contributed by atoms with Crippen molar-refractivity contribution in [2.24, 2.45) is 0 Å². The van der Waals surface area contributed by atoms with E-state index in [2.05, 4.69) is 72.7 Å². The van der Waals surface area contributed by atoms with Gasteiger partial charge in [-0.15, -0.1) is 0 Å². The van der Waals surface area contributed by atoms with Crippen LogP contribution in [0.4, 0.5) is 0 Å². The molecule has 0 radical (unpaired) electrons. The van der Waals surface area contributed by atoms with E-state index in [-0.39, 0.29) is 5.41 Å². The van der Waals surface area contributed by atoms with Crippen molar-refractivity contribution in [1.82, 2.24) is 19.2 Å². The monoisotopic (exact) mass is 376 g/mol. The molecule has 0 bridgehead atoms. The van der Waals surface area contributed by atoms with Crippen molar-refractivity contribution in [1.29, 1.82) is 0 Å². The Morgan fingerprint density at radius 3 is 2.36 bits per heavy atom. The zero-order valence-corrected chi connectivity index (χ0v) is 16.9. The number of aromatic nitrogens is 2. The van der Waals surface area contributed by atoms with Gasteiger partial charge in [0, 0.05) is 44.5 Å². The van der Waals surface area contributed by atoms with Crippen LogP contribution in [0.2, 0.25) is 0 Å². The lowest BCUT2D eigenvalue weighted by atomic mass is 9.86. The van der Waals surface area contributed by atoms with Crippen molar-refractivity contribution in [3.05, 3.63) is 59.9 Å². The maximum absolute atomic E-state index is 11.0. The summed E-state index contributed by atoms with van der Waals surface area (Å²) in [4.78, 5) is 20.2. The van der Waals surface area contributed by atoms with Crippen LogP contribution in [0.25, 0.3) is 16.9 Å². The summed E-state index contributed by atoms with van der Waals surface area (Å²) in [5.74, 6) is 0. The fourth-order valence-electron chi connectivity index (χ4n) is 3.80. The molecule has 0 atom stereocenters. The molecule has 1 amide bonds. The molecule has 2 aromatic heterocycles. The summed E-state index contributed by atoms with van der Waals surface area (Å²) in [7, 11) is 0. The Labute approximate surface area is 166 Å². The maximum atomic E-state index is 11.0. The molecule has 3 aromatic rings. The van der Waals surface area contributed by atoms with Crippen LogP contribution >= 0.6 is 0 Å². The van der Waals surface area contributed by atoms with Crippen LogP contribution in [-0.4, -0.2) is 51.8 Å². The molecule has 1 aromatic carbocycles. The molecule has 28 heavy (non-hydrogen) atoms. The van der Waals surface area contributed by atoms with E-state index in [9.17, 15) is 4.79 Å². The Morgan fingerprint density at radius 2 is 1.71 bits per heavy atom. The van der Waals surface area contributed by atoms with Gasteiger partial charge in [0.05, 0.1) is 11.4 Å². The number of hydrogen-bond acceptors (Lipinski definition) is 3. The van der Waals surface area contributed by atoms with E-state index in [4.69, 9.17) is 4.98 Å². The van der Waals surface area contributed by atoms with Gasteiger partial charge in [-0.2, -0.15) is 0 Å². The van der Waals surface area contributed by atoms with Crippen molar-refractivity contribution < 1.29 is 4.79 Å². The summed E-state index contributed by atoms with van der Waals surface area (Å²) in [5, 5.41) is 0. The number of piperazine rings is 1. The lowest BCUT2D eigenvalue weighted by Crippen LogP contribution is -2.45. The largest absolute Gasteiger partial charge is 0.343 e. The van der Waals surface area contributed by atoms with Crippen molar-refractivity contribution in [2.45, 2.75) is 32.7 Å². The third kappa shape index (κ3) is 3.67. The van der Waals surface area contributed by atoms with Crippen LogP contribution in [0, 0.1) is 0 Å². The smallest absolute Gasteiger partial charge is 0.209 e. The fourth-order valence-corrected chi connectivity index (χ4v) is 3.80. The number of amides is 1. The van der Waals surface area contributed by atoms with Gasteiger partial charge in [-0.3, -0.25) is 9.69 Å². The summed E-state index contributed by atoms with van der Waals surface area (Å²) < 4.78 is 2.19. The van der Waals surface area contributed by atoms with E-state index in [1.807, 2.05) is 11.0 Å². The maximum Gasteiger partial charge on any atom is 0.209 e. The van der Waals surface area contributed by atoms with Crippen molar-refractivity contribution in [2.75, 3.05) is 26.2 Å². The number of hydrogen-bond donors (Lipinski definition) is 0. The first-order valence-electron chi connectivity index (χ1n) is 9.94. The number of carbonyl (C=O) groups is 1. The molecule has 1 saturated heterocycles. The zero-order chi connectivity index (χ0) is 19.7. The third-order valence-corrected chi connectivity index (χ3v) is 5.58. The first kappa shape index (κ1) is 18.7. The minimum atomic E-state index is 0.137. The van der Waals surface area contributed by atoms with Crippen LogP contribution < -0.4 is 0 Å². The van der Waals surface area contributed by atoms with Gasteiger partial charge < -0.3 is 9.30 Å². The molecular weight excluding hydrogens is 348 g/mol. The molecule has 0 aliphatic carbocycles. The fraction of sp³-hybridized carbons (Fsp3) is 0.391. The molecular formula is C23H28N4O. The molecule has 5 nitrogen and oxygen atoms in total. The number of rotatable bonds is 4. The van der Waals surface area contributed by atoms with Crippen molar-refractivity contribution in [3.63, 3.8) is 0 Å². The molecule has 0 saturated carbocycles. The predicted octanol–water partition coefficient (Wildman–Crippen LogP) is 3.57. The minimum Gasteiger partial charge on any atom is -0.343 e. The number of benzene rings is 1. The van der Waals surface area contributed by atoms with E-state index < -0.39 is 0 Å². The molecule has 5 heteroatoms. The zero-order valence-electron chi connectivity index (χ0n) is 16.9. The summed E-state index contributed by atoms with van der Waals surface area (Å²) in [6, 6.07) is 14.9. The highest BCUT2D eigenvalue weighted by Crippen LogP contribution is 2.29. The van der Waals surface area contributed by atoms with E-state index in [1.165, 1.54) is 11.3 Å². The number of imidazole rings is 1. The van der Waals surface area contributed by atoms with Gasteiger partial charge in [0.2, 0.25) is 6.41 Å². The summed E-state index contributed by atoms with van der Waals surface area (Å²) >= 11 is 0. The molecule has 0 N–H and O–H groups in total. The van der Waals surface area contributed by atoms with E-state index in [1.54, 1.807) is 0 Å².